The van der Waals surface area contributed by atoms with Crippen molar-refractivity contribution < 1.29 is 22.7 Å². The van der Waals surface area contributed by atoms with Crippen molar-refractivity contribution in [1.29, 1.82) is 0 Å². The zero-order valence-electron chi connectivity index (χ0n) is 17.8. The summed E-state index contributed by atoms with van der Waals surface area (Å²) in [6.45, 7) is 2.24. The minimum Gasteiger partial charge on any atom is -0.378 e. The first kappa shape index (κ1) is 21.8. The summed E-state index contributed by atoms with van der Waals surface area (Å²) in [5.41, 5.74) is 0.791. The highest BCUT2D eigenvalue weighted by Gasteiger charge is 2.30. The highest BCUT2D eigenvalue weighted by Crippen LogP contribution is 2.32. The lowest BCUT2D eigenvalue weighted by Gasteiger charge is -2.27. The largest absolute Gasteiger partial charge is 0.416 e. The van der Waals surface area contributed by atoms with Crippen LogP contribution in [0, 0.1) is 0 Å². The molecule has 0 saturated carbocycles. The van der Waals surface area contributed by atoms with Gasteiger partial charge >= 0.3 is 6.18 Å². The van der Waals surface area contributed by atoms with Gasteiger partial charge in [0.15, 0.2) is 11.5 Å². The third-order valence-corrected chi connectivity index (χ3v) is 5.42. The third kappa shape index (κ3) is 4.42. The summed E-state index contributed by atoms with van der Waals surface area (Å²) in [4.78, 5) is 23.6. The van der Waals surface area contributed by atoms with Crippen molar-refractivity contribution in [2.45, 2.75) is 6.18 Å². The molecule has 0 atom stereocenters. The lowest BCUT2D eigenvalue weighted by atomic mass is 10.1. The summed E-state index contributed by atoms with van der Waals surface area (Å²) in [7, 11) is 0. The Hall–Kier alpha value is -3.99. The zero-order valence-corrected chi connectivity index (χ0v) is 17.8. The number of halogens is 3. The molecule has 8 nitrogen and oxygen atoms in total. The van der Waals surface area contributed by atoms with E-state index in [1.54, 1.807) is 30.6 Å². The molecule has 4 heterocycles. The van der Waals surface area contributed by atoms with Crippen molar-refractivity contribution in [2.75, 3.05) is 36.5 Å². The van der Waals surface area contributed by atoms with E-state index in [4.69, 9.17) is 4.74 Å². The van der Waals surface area contributed by atoms with E-state index in [1.165, 1.54) is 22.8 Å². The number of imidazole rings is 1. The maximum atomic E-state index is 13.2. The summed E-state index contributed by atoms with van der Waals surface area (Å²) < 4.78 is 46.5. The Morgan fingerprint density at radius 3 is 2.56 bits per heavy atom. The molecule has 1 saturated heterocycles. The predicted octanol–water partition coefficient (Wildman–Crippen LogP) is 3.90. The van der Waals surface area contributed by atoms with E-state index in [-0.39, 0.29) is 22.5 Å². The first-order valence-electron chi connectivity index (χ1n) is 10.5. The Morgan fingerprint density at radius 2 is 1.82 bits per heavy atom. The van der Waals surface area contributed by atoms with Crippen LogP contribution in [0.25, 0.3) is 16.9 Å². The van der Waals surface area contributed by atoms with Gasteiger partial charge in [0.1, 0.15) is 0 Å². The number of morpholine rings is 1. The van der Waals surface area contributed by atoms with E-state index in [9.17, 15) is 18.0 Å². The summed E-state index contributed by atoms with van der Waals surface area (Å²) in [5, 5.41) is 7.39. The third-order valence-electron chi connectivity index (χ3n) is 5.42. The first-order chi connectivity index (χ1) is 16.4. The second-order valence-electron chi connectivity index (χ2n) is 7.68. The number of benzene rings is 1. The minimum atomic E-state index is -4.48. The average Bonchev–Trinajstić information content (AvgIpc) is 3.28. The second-order valence-corrected chi connectivity index (χ2v) is 7.68. The van der Waals surface area contributed by atoms with Gasteiger partial charge in [0.05, 0.1) is 36.2 Å². The smallest absolute Gasteiger partial charge is 0.378 e. The van der Waals surface area contributed by atoms with Gasteiger partial charge in [-0.25, -0.2) is 9.50 Å². The van der Waals surface area contributed by atoms with E-state index in [0.717, 1.165) is 12.1 Å². The van der Waals surface area contributed by atoms with Crippen LogP contribution in [-0.2, 0) is 10.9 Å². The van der Waals surface area contributed by atoms with Crippen LogP contribution in [0.2, 0.25) is 0 Å². The van der Waals surface area contributed by atoms with Crippen molar-refractivity contribution in [3.05, 3.63) is 72.2 Å². The van der Waals surface area contributed by atoms with E-state index >= 15 is 0 Å². The molecule has 4 aromatic rings. The minimum absolute atomic E-state index is 0.232. The van der Waals surface area contributed by atoms with E-state index in [1.807, 2.05) is 4.90 Å². The second kappa shape index (κ2) is 8.75. The summed E-state index contributed by atoms with van der Waals surface area (Å²) >= 11 is 0. The molecule has 1 amide bonds. The fourth-order valence-electron chi connectivity index (χ4n) is 3.71. The molecule has 1 N–H and O–H groups in total. The number of ether oxygens (including phenoxy) is 1. The number of alkyl halides is 3. The van der Waals surface area contributed by atoms with Crippen LogP contribution < -0.4 is 10.2 Å². The molecule has 0 unspecified atom stereocenters. The molecule has 34 heavy (non-hydrogen) atoms. The molecule has 3 aromatic heterocycles. The molecule has 11 heteroatoms. The summed E-state index contributed by atoms with van der Waals surface area (Å²) in [6.07, 6.45) is 0.154. The Kier molecular flexibility index (Phi) is 5.62. The number of nitrogens with zero attached hydrogens (tertiary/aromatic N) is 5. The predicted molar refractivity (Wildman–Crippen MR) is 119 cm³/mol. The number of rotatable bonds is 4. The number of hydrogen-bond acceptors (Lipinski definition) is 6. The maximum absolute atomic E-state index is 13.2. The number of fused-ring (bicyclic) bond motifs is 1. The van der Waals surface area contributed by atoms with Gasteiger partial charge in [-0.1, -0.05) is 12.1 Å². The number of carbonyl (C=O) groups excluding carboxylic acids is 1. The Bertz CT molecular complexity index is 1330. The van der Waals surface area contributed by atoms with E-state index in [2.05, 4.69) is 20.4 Å². The highest BCUT2D eigenvalue weighted by atomic mass is 19.4. The molecule has 5 rings (SSSR count). The van der Waals surface area contributed by atoms with Gasteiger partial charge in [0.25, 0.3) is 5.91 Å². The molecule has 0 aliphatic carbocycles. The molecule has 0 radical (unpaired) electrons. The Balaban J connectivity index is 1.60. The van der Waals surface area contributed by atoms with Gasteiger partial charge in [0.2, 0.25) is 0 Å². The molecule has 1 aliphatic heterocycles. The van der Waals surface area contributed by atoms with Crippen LogP contribution in [0.3, 0.4) is 0 Å². The van der Waals surface area contributed by atoms with Crippen LogP contribution in [0.1, 0.15) is 15.9 Å². The van der Waals surface area contributed by atoms with Crippen LogP contribution in [0.15, 0.2) is 61.1 Å². The van der Waals surface area contributed by atoms with Gasteiger partial charge in [-0.15, -0.1) is 5.10 Å². The quantitative estimate of drug-likeness (QED) is 0.489. The van der Waals surface area contributed by atoms with Crippen LogP contribution in [-0.4, -0.2) is 51.8 Å². The fraction of sp³-hybridized carbons (Fsp3) is 0.217. The van der Waals surface area contributed by atoms with Gasteiger partial charge in [-0.2, -0.15) is 13.2 Å². The number of amides is 1. The molecule has 1 aliphatic rings. The first-order valence-corrected chi connectivity index (χ1v) is 10.5. The van der Waals surface area contributed by atoms with Gasteiger partial charge < -0.3 is 15.0 Å². The topological polar surface area (TPSA) is 84.7 Å². The monoisotopic (exact) mass is 468 g/mol. The lowest BCUT2D eigenvalue weighted by molar-refractivity contribution is -0.137. The fourth-order valence-corrected chi connectivity index (χ4v) is 3.71. The Labute approximate surface area is 192 Å². The van der Waals surface area contributed by atoms with Crippen molar-refractivity contribution in [1.82, 2.24) is 19.6 Å². The van der Waals surface area contributed by atoms with Gasteiger partial charge in [-0.05, 0) is 30.3 Å². The molecular formula is C23H19F3N6O2. The normalized spacial score (nSPS) is 14.4. The lowest BCUT2D eigenvalue weighted by Crippen LogP contribution is -2.37. The van der Waals surface area contributed by atoms with Crippen LogP contribution >= 0.6 is 0 Å². The molecule has 0 bridgehead atoms. The maximum Gasteiger partial charge on any atom is 0.416 e. The molecule has 1 fully saturated rings. The number of carbonyl (C=O) groups is 1. The zero-order chi connectivity index (χ0) is 23.7. The average molecular weight is 468 g/mol. The summed E-state index contributed by atoms with van der Waals surface area (Å²) in [5.74, 6) is 0.123. The molecule has 174 valence electrons. The van der Waals surface area contributed by atoms with Crippen LogP contribution in [0.4, 0.5) is 24.7 Å². The van der Waals surface area contributed by atoms with Crippen molar-refractivity contribution in [2.24, 2.45) is 0 Å². The standard InChI is InChI=1S/C23H19F3N6O2/c24-23(25,26)16-3-1-2-15(12-16)19-14-32-21(29-19)18(22(33)28-17-4-6-27-7-5-17)13-20(30-32)31-8-10-34-11-9-31/h1-7,12-14H,8-11H2,(H,27,28,33). The number of anilines is 2. The molecular weight excluding hydrogens is 449 g/mol. The van der Waals surface area contributed by atoms with Crippen molar-refractivity contribution in [3.63, 3.8) is 0 Å². The SMILES string of the molecule is O=C(Nc1ccncc1)c1cc(N2CCOCC2)nn2cc(-c3cccc(C(F)(F)F)c3)nc12. The number of pyridine rings is 1. The van der Waals surface area contributed by atoms with E-state index in [0.29, 0.717) is 37.8 Å². The van der Waals surface area contributed by atoms with Crippen molar-refractivity contribution in [3.8, 4) is 11.3 Å². The van der Waals surface area contributed by atoms with Crippen LogP contribution in [0.5, 0.6) is 0 Å². The van der Waals surface area contributed by atoms with Gasteiger partial charge in [-0.3, -0.25) is 9.78 Å². The van der Waals surface area contributed by atoms with Crippen molar-refractivity contribution >= 4 is 23.1 Å². The Morgan fingerprint density at radius 1 is 1.06 bits per heavy atom. The van der Waals surface area contributed by atoms with E-state index < -0.39 is 17.6 Å². The molecule has 0 spiro atoms. The molecule has 1 aromatic carbocycles. The number of nitrogens with one attached hydrogen (secondary N) is 1. The highest BCUT2D eigenvalue weighted by molar-refractivity contribution is 6.08. The summed E-state index contributed by atoms with van der Waals surface area (Å²) in [6, 6.07) is 9.84. The number of hydrogen-bond donors (Lipinski definition) is 1. The van der Waals surface area contributed by atoms with Gasteiger partial charge in [0, 0.05) is 36.7 Å². The number of aromatic nitrogens is 4.